The van der Waals surface area contributed by atoms with Gasteiger partial charge in [0.1, 0.15) is 0 Å². The van der Waals surface area contributed by atoms with E-state index in [1.54, 1.807) is 12.1 Å². The van der Waals surface area contributed by atoms with E-state index < -0.39 is 0 Å². The first kappa shape index (κ1) is 16.8. The first-order chi connectivity index (χ1) is 10.6. The minimum absolute atomic E-state index is 0.0524. The van der Waals surface area contributed by atoms with Crippen LogP contribution in [0, 0.1) is 0 Å². The summed E-state index contributed by atoms with van der Waals surface area (Å²) in [6, 6.07) is 15.0. The zero-order chi connectivity index (χ0) is 15.8. The molecule has 2 aromatic rings. The van der Waals surface area contributed by atoms with Crippen molar-refractivity contribution in [2.24, 2.45) is 0 Å². The third kappa shape index (κ3) is 5.68. The van der Waals surface area contributed by atoms with Crippen LogP contribution in [0.3, 0.4) is 0 Å². The van der Waals surface area contributed by atoms with Crippen LogP contribution in [-0.4, -0.2) is 19.0 Å². The van der Waals surface area contributed by atoms with Gasteiger partial charge in [0.2, 0.25) is 5.91 Å². The predicted octanol–water partition coefficient (Wildman–Crippen LogP) is 4.15. The van der Waals surface area contributed by atoms with Gasteiger partial charge in [0.25, 0.3) is 0 Å². The van der Waals surface area contributed by atoms with Crippen LogP contribution in [0.1, 0.15) is 12.0 Å². The van der Waals surface area contributed by atoms with E-state index in [0.29, 0.717) is 23.7 Å². The molecule has 0 unspecified atom stereocenters. The van der Waals surface area contributed by atoms with Crippen molar-refractivity contribution < 1.29 is 4.79 Å². The van der Waals surface area contributed by atoms with Gasteiger partial charge in [-0.25, -0.2) is 0 Å². The average Bonchev–Trinajstić information content (AvgIpc) is 2.49. The van der Waals surface area contributed by atoms with Crippen LogP contribution in [0.5, 0.6) is 0 Å². The topological polar surface area (TPSA) is 41.1 Å². The molecule has 0 aromatic heterocycles. The molecule has 116 valence electrons. The molecule has 22 heavy (non-hydrogen) atoms. The molecule has 0 radical (unpaired) electrons. The van der Waals surface area contributed by atoms with Crippen molar-refractivity contribution in [1.29, 1.82) is 0 Å². The highest BCUT2D eigenvalue weighted by atomic mass is 35.5. The van der Waals surface area contributed by atoms with Gasteiger partial charge < -0.3 is 10.6 Å². The number of rotatable bonds is 7. The highest BCUT2D eigenvalue weighted by molar-refractivity contribution is 6.33. The number of nitrogens with one attached hydrogen (secondary N) is 2. The zero-order valence-corrected chi connectivity index (χ0v) is 13.6. The molecule has 0 aliphatic rings. The van der Waals surface area contributed by atoms with E-state index in [-0.39, 0.29) is 5.91 Å². The molecular formula is C17H18Cl2N2O. The first-order valence-electron chi connectivity index (χ1n) is 7.15. The summed E-state index contributed by atoms with van der Waals surface area (Å²) in [5.41, 5.74) is 1.83. The number of para-hydroxylation sites is 1. The third-order valence-electron chi connectivity index (χ3n) is 3.16. The molecule has 3 nitrogen and oxygen atoms in total. The third-order valence-corrected chi connectivity index (χ3v) is 3.72. The molecule has 0 aliphatic heterocycles. The van der Waals surface area contributed by atoms with Crippen LogP contribution in [-0.2, 0) is 11.2 Å². The van der Waals surface area contributed by atoms with Gasteiger partial charge in [0.15, 0.2) is 0 Å². The smallest absolute Gasteiger partial charge is 0.225 e. The Morgan fingerprint density at radius 2 is 1.82 bits per heavy atom. The maximum absolute atomic E-state index is 11.8. The van der Waals surface area contributed by atoms with Gasteiger partial charge in [0, 0.05) is 18.0 Å². The maximum atomic E-state index is 11.8. The molecule has 2 aromatic carbocycles. The van der Waals surface area contributed by atoms with Crippen LogP contribution < -0.4 is 10.6 Å². The van der Waals surface area contributed by atoms with Crippen LogP contribution in [0.25, 0.3) is 0 Å². The molecular weight excluding hydrogens is 319 g/mol. The molecule has 1 amide bonds. The monoisotopic (exact) mass is 336 g/mol. The molecule has 0 heterocycles. The highest BCUT2D eigenvalue weighted by Gasteiger charge is 2.04. The Morgan fingerprint density at radius 1 is 1.00 bits per heavy atom. The van der Waals surface area contributed by atoms with Crippen LogP contribution >= 0.6 is 23.2 Å². The fraction of sp³-hybridized carbons (Fsp3) is 0.235. The summed E-state index contributed by atoms with van der Waals surface area (Å²) < 4.78 is 0. The van der Waals surface area contributed by atoms with Crippen molar-refractivity contribution in [2.75, 3.05) is 18.4 Å². The summed E-state index contributed by atoms with van der Waals surface area (Å²) >= 11 is 11.9. The summed E-state index contributed by atoms with van der Waals surface area (Å²) in [6.45, 7) is 1.43. The van der Waals surface area contributed by atoms with Gasteiger partial charge in [-0.2, -0.15) is 0 Å². The minimum Gasteiger partial charge on any atom is -0.325 e. The molecule has 2 rings (SSSR count). The second-order valence-corrected chi connectivity index (χ2v) is 5.75. The Hall–Kier alpha value is -1.55. The number of benzene rings is 2. The van der Waals surface area contributed by atoms with Gasteiger partial charge in [-0.3, -0.25) is 4.79 Å². The lowest BCUT2D eigenvalue weighted by atomic mass is 10.1. The lowest BCUT2D eigenvalue weighted by Gasteiger charge is -2.08. The highest BCUT2D eigenvalue weighted by Crippen LogP contribution is 2.20. The van der Waals surface area contributed by atoms with E-state index in [2.05, 4.69) is 10.6 Å². The summed E-state index contributed by atoms with van der Waals surface area (Å²) in [7, 11) is 0. The summed E-state index contributed by atoms with van der Waals surface area (Å²) in [4.78, 5) is 11.8. The molecule has 5 heteroatoms. The molecule has 0 aliphatic carbocycles. The maximum Gasteiger partial charge on any atom is 0.225 e. The number of carbonyl (C=O) groups excluding carboxylic acids is 1. The number of hydrogen-bond acceptors (Lipinski definition) is 2. The average molecular weight is 337 g/mol. The molecule has 0 fully saturated rings. The quantitative estimate of drug-likeness (QED) is 0.745. The van der Waals surface area contributed by atoms with Gasteiger partial charge in [-0.05, 0) is 42.8 Å². The van der Waals surface area contributed by atoms with Gasteiger partial charge in [-0.15, -0.1) is 0 Å². The van der Waals surface area contributed by atoms with Crippen molar-refractivity contribution in [3.63, 3.8) is 0 Å². The van der Waals surface area contributed by atoms with Crippen molar-refractivity contribution in [2.45, 2.75) is 12.8 Å². The Labute approximate surface area is 140 Å². The Balaban J connectivity index is 1.64. The van der Waals surface area contributed by atoms with Crippen LogP contribution in [0.4, 0.5) is 5.69 Å². The van der Waals surface area contributed by atoms with Crippen molar-refractivity contribution in [3.8, 4) is 0 Å². The Bertz CT molecular complexity index is 632. The van der Waals surface area contributed by atoms with E-state index in [0.717, 1.165) is 18.0 Å². The Morgan fingerprint density at radius 3 is 2.59 bits per heavy atom. The molecule has 0 saturated carbocycles. The second-order valence-electron chi connectivity index (χ2n) is 4.91. The minimum atomic E-state index is -0.0524. The molecule has 0 spiro atoms. The van der Waals surface area contributed by atoms with E-state index in [9.17, 15) is 4.79 Å². The van der Waals surface area contributed by atoms with Gasteiger partial charge in [0.05, 0.1) is 10.7 Å². The fourth-order valence-corrected chi connectivity index (χ4v) is 2.42. The zero-order valence-electron chi connectivity index (χ0n) is 12.1. The Kier molecular flexibility index (Phi) is 6.72. The van der Waals surface area contributed by atoms with Crippen molar-refractivity contribution in [1.82, 2.24) is 5.32 Å². The van der Waals surface area contributed by atoms with Gasteiger partial charge in [-0.1, -0.05) is 47.5 Å². The summed E-state index contributed by atoms with van der Waals surface area (Å²) in [6.07, 6.45) is 1.29. The fourth-order valence-electron chi connectivity index (χ4n) is 2.03. The first-order valence-corrected chi connectivity index (χ1v) is 7.90. The SMILES string of the molecule is O=C(CCNCCc1cccc(Cl)c1)Nc1ccccc1Cl. The predicted molar refractivity (Wildman–Crippen MR) is 92.7 cm³/mol. The van der Waals surface area contributed by atoms with Gasteiger partial charge >= 0.3 is 0 Å². The van der Waals surface area contributed by atoms with E-state index in [4.69, 9.17) is 23.2 Å². The standard InChI is InChI=1S/C17H18Cl2N2O/c18-14-5-3-4-13(12-14)8-10-20-11-9-17(22)21-16-7-2-1-6-15(16)19/h1-7,12,20H,8-11H2,(H,21,22). The van der Waals surface area contributed by atoms with E-state index in [1.807, 2.05) is 36.4 Å². The lowest BCUT2D eigenvalue weighted by Crippen LogP contribution is -2.23. The van der Waals surface area contributed by atoms with E-state index in [1.165, 1.54) is 5.56 Å². The summed E-state index contributed by atoms with van der Waals surface area (Å²) in [5.74, 6) is -0.0524. The van der Waals surface area contributed by atoms with Crippen molar-refractivity contribution in [3.05, 3.63) is 64.1 Å². The number of hydrogen-bond donors (Lipinski definition) is 2. The van der Waals surface area contributed by atoms with E-state index >= 15 is 0 Å². The number of anilines is 1. The normalized spacial score (nSPS) is 10.5. The lowest BCUT2D eigenvalue weighted by molar-refractivity contribution is -0.116. The molecule has 0 atom stereocenters. The number of amides is 1. The molecule has 2 N–H and O–H groups in total. The summed E-state index contributed by atoms with van der Waals surface area (Å²) in [5, 5.41) is 7.34. The van der Waals surface area contributed by atoms with Crippen LogP contribution in [0.15, 0.2) is 48.5 Å². The second kappa shape index (κ2) is 8.79. The molecule has 0 bridgehead atoms. The number of halogens is 2. The molecule has 0 saturated heterocycles. The number of carbonyl (C=O) groups is 1. The van der Waals surface area contributed by atoms with Crippen LogP contribution in [0.2, 0.25) is 10.0 Å². The largest absolute Gasteiger partial charge is 0.325 e. The van der Waals surface area contributed by atoms with Crippen molar-refractivity contribution >= 4 is 34.8 Å².